The maximum Gasteiger partial charge on any atom is 0.271 e. The highest BCUT2D eigenvalue weighted by molar-refractivity contribution is 5.64. The summed E-state index contributed by atoms with van der Waals surface area (Å²) in [5.74, 6) is 0.738. The second-order valence-corrected chi connectivity index (χ2v) is 4.40. The number of anilines is 1. The van der Waals surface area contributed by atoms with Crippen molar-refractivity contribution in [3.63, 3.8) is 0 Å². The van der Waals surface area contributed by atoms with Crippen molar-refractivity contribution < 1.29 is 9.66 Å². The van der Waals surface area contributed by atoms with Crippen molar-refractivity contribution in [2.75, 3.05) is 18.1 Å². The first-order valence-electron chi connectivity index (χ1n) is 5.77. The van der Waals surface area contributed by atoms with Crippen LogP contribution in [0, 0.1) is 10.1 Å². The predicted molar refractivity (Wildman–Crippen MR) is 65.7 cm³/mol. The fourth-order valence-corrected chi connectivity index (χ4v) is 2.04. The van der Waals surface area contributed by atoms with Crippen LogP contribution < -0.4 is 9.64 Å². The molecule has 2 rings (SSSR count). The quantitative estimate of drug-likeness (QED) is 0.585. The smallest absolute Gasteiger partial charge is 0.271 e. The maximum absolute atomic E-state index is 10.8. The number of ether oxygens (including phenoxy) is 1. The second-order valence-electron chi connectivity index (χ2n) is 4.40. The maximum atomic E-state index is 10.8. The minimum absolute atomic E-state index is 0.111. The van der Waals surface area contributed by atoms with E-state index in [4.69, 9.17) is 4.74 Å². The van der Waals surface area contributed by atoms with Gasteiger partial charge in [-0.1, -0.05) is 0 Å². The molecule has 0 saturated carbocycles. The number of hydrogen-bond donors (Lipinski definition) is 0. The number of hydrogen-bond acceptors (Lipinski definition) is 4. The highest BCUT2D eigenvalue weighted by atomic mass is 16.6. The van der Waals surface area contributed by atoms with Gasteiger partial charge < -0.3 is 9.64 Å². The van der Waals surface area contributed by atoms with Gasteiger partial charge in [-0.05, 0) is 26.3 Å². The van der Waals surface area contributed by atoms with E-state index >= 15 is 0 Å². The van der Waals surface area contributed by atoms with Gasteiger partial charge in [0.2, 0.25) is 0 Å². The van der Waals surface area contributed by atoms with Crippen LogP contribution in [0.1, 0.15) is 20.3 Å². The first-order chi connectivity index (χ1) is 8.09. The highest BCUT2D eigenvalue weighted by Crippen LogP contribution is 2.35. The lowest BCUT2D eigenvalue weighted by Gasteiger charge is -2.27. The molecule has 0 radical (unpaired) electrons. The molecule has 0 saturated heterocycles. The molecule has 5 nitrogen and oxygen atoms in total. The van der Waals surface area contributed by atoms with E-state index in [2.05, 4.69) is 18.7 Å². The lowest BCUT2D eigenvalue weighted by molar-refractivity contribution is -0.384. The Labute approximate surface area is 100 Å². The lowest BCUT2D eigenvalue weighted by atomic mass is 10.2. The van der Waals surface area contributed by atoms with Crippen molar-refractivity contribution in [3.8, 4) is 5.75 Å². The molecular weight excluding hydrogens is 220 g/mol. The van der Waals surface area contributed by atoms with Crippen LogP contribution in [-0.4, -0.2) is 24.1 Å². The molecule has 0 bridgehead atoms. The van der Waals surface area contributed by atoms with Crippen LogP contribution in [0.2, 0.25) is 0 Å². The second kappa shape index (κ2) is 4.61. The van der Waals surface area contributed by atoms with Crippen LogP contribution in [0.5, 0.6) is 5.75 Å². The molecule has 1 aromatic rings. The zero-order valence-corrected chi connectivity index (χ0v) is 10.0. The molecule has 0 aliphatic carbocycles. The van der Waals surface area contributed by atoms with E-state index in [1.807, 2.05) is 0 Å². The third-order valence-corrected chi connectivity index (χ3v) is 2.89. The summed E-state index contributed by atoms with van der Waals surface area (Å²) in [4.78, 5) is 12.6. The Morgan fingerprint density at radius 3 is 2.88 bits per heavy atom. The van der Waals surface area contributed by atoms with E-state index in [0.717, 1.165) is 24.4 Å². The summed E-state index contributed by atoms with van der Waals surface area (Å²) >= 11 is 0. The summed E-state index contributed by atoms with van der Waals surface area (Å²) in [5.41, 5.74) is 0.937. The molecule has 1 aliphatic heterocycles. The summed E-state index contributed by atoms with van der Waals surface area (Å²) in [6.45, 7) is 5.68. The fourth-order valence-electron chi connectivity index (χ4n) is 2.04. The summed E-state index contributed by atoms with van der Waals surface area (Å²) in [6.07, 6.45) is 0.931. The van der Waals surface area contributed by atoms with Crippen LogP contribution >= 0.6 is 0 Å². The number of nitro groups is 1. The van der Waals surface area contributed by atoms with Gasteiger partial charge in [-0.3, -0.25) is 10.1 Å². The molecule has 17 heavy (non-hydrogen) atoms. The number of benzene rings is 1. The van der Waals surface area contributed by atoms with E-state index in [1.54, 1.807) is 12.1 Å². The Kier molecular flexibility index (Phi) is 3.17. The van der Waals surface area contributed by atoms with E-state index < -0.39 is 0 Å². The number of nitro benzene ring substituents is 1. The van der Waals surface area contributed by atoms with Gasteiger partial charge in [-0.2, -0.15) is 0 Å². The Balaban J connectivity index is 2.46. The Morgan fingerprint density at radius 1 is 1.47 bits per heavy atom. The largest absolute Gasteiger partial charge is 0.491 e. The molecule has 0 fully saturated rings. The van der Waals surface area contributed by atoms with Crippen LogP contribution in [0.15, 0.2) is 18.2 Å². The van der Waals surface area contributed by atoms with Crippen LogP contribution in [-0.2, 0) is 0 Å². The Hall–Kier alpha value is -1.78. The molecule has 0 aromatic heterocycles. The molecule has 92 valence electrons. The molecule has 0 unspecified atom stereocenters. The molecule has 0 N–H and O–H groups in total. The standard InChI is InChI=1S/C12H16N2O3/c1-9(2)13-6-3-7-17-12-5-4-10(14(15)16)8-11(12)13/h4-5,8-9H,3,6-7H2,1-2H3. The van der Waals surface area contributed by atoms with Crippen LogP contribution in [0.4, 0.5) is 11.4 Å². The molecule has 0 atom stereocenters. The Morgan fingerprint density at radius 2 is 2.24 bits per heavy atom. The van der Waals surface area contributed by atoms with Crippen molar-refractivity contribution in [1.29, 1.82) is 0 Å². The van der Waals surface area contributed by atoms with E-state index in [-0.39, 0.29) is 10.6 Å². The lowest BCUT2D eigenvalue weighted by Crippen LogP contribution is -2.31. The fraction of sp³-hybridized carbons (Fsp3) is 0.500. The van der Waals surface area contributed by atoms with Gasteiger partial charge >= 0.3 is 0 Å². The molecule has 1 heterocycles. The van der Waals surface area contributed by atoms with Gasteiger partial charge in [0.25, 0.3) is 5.69 Å². The van der Waals surface area contributed by atoms with Crippen molar-refractivity contribution >= 4 is 11.4 Å². The van der Waals surface area contributed by atoms with Gasteiger partial charge in [0.1, 0.15) is 5.75 Å². The van der Waals surface area contributed by atoms with Crippen molar-refractivity contribution in [2.24, 2.45) is 0 Å². The van der Waals surface area contributed by atoms with Crippen LogP contribution in [0.3, 0.4) is 0 Å². The van der Waals surface area contributed by atoms with Gasteiger partial charge in [0.15, 0.2) is 0 Å². The summed E-state index contributed by atoms with van der Waals surface area (Å²) in [7, 11) is 0. The number of nitrogens with zero attached hydrogens (tertiary/aromatic N) is 2. The highest BCUT2D eigenvalue weighted by Gasteiger charge is 2.21. The van der Waals surface area contributed by atoms with Gasteiger partial charge in [0.05, 0.1) is 17.2 Å². The minimum Gasteiger partial charge on any atom is -0.491 e. The predicted octanol–water partition coefficient (Wildman–Crippen LogP) is 2.59. The van der Waals surface area contributed by atoms with Crippen molar-refractivity contribution in [3.05, 3.63) is 28.3 Å². The summed E-state index contributed by atoms with van der Waals surface area (Å²) in [5, 5.41) is 10.8. The zero-order chi connectivity index (χ0) is 12.4. The average Bonchev–Trinajstić information content (AvgIpc) is 2.49. The monoisotopic (exact) mass is 236 g/mol. The topological polar surface area (TPSA) is 55.6 Å². The van der Waals surface area contributed by atoms with Crippen molar-refractivity contribution in [2.45, 2.75) is 26.3 Å². The summed E-state index contributed by atoms with van der Waals surface area (Å²) < 4.78 is 5.60. The normalized spacial score (nSPS) is 15.1. The molecular formula is C12H16N2O3. The van der Waals surface area contributed by atoms with E-state index in [1.165, 1.54) is 6.07 Å². The number of rotatable bonds is 2. The average molecular weight is 236 g/mol. The van der Waals surface area contributed by atoms with Crippen molar-refractivity contribution in [1.82, 2.24) is 0 Å². The van der Waals surface area contributed by atoms with Gasteiger partial charge in [-0.25, -0.2) is 0 Å². The van der Waals surface area contributed by atoms with Gasteiger partial charge in [0, 0.05) is 24.7 Å². The SMILES string of the molecule is CC(C)N1CCCOc2ccc([N+](=O)[O-])cc21. The molecule has 0 amide bonds. The zero-order valence-electron chi connectivity index (χ0n) is 10.0. The molecule has 5 heteroatoms. The van der Waals surface area contributed by atoms with E-state index in [0.29, 0.717) is 12.6 Å². The summed E-state index contributed by atoms with van der Waals surface area (Å²) in [6, 6.07) is 5.08. The Bertz CT molecular complexity index is 432. The number of non-ortho nitro benzene ring substituents is 1. The molecule has 1 aliphatic rings. The third kappa shape index (κ3) is 2.33. The minimum atomic E-state index is -0.371. The first-order valence-corrected chi connectivity index (χ1v) is 5.77. The van der Waals surface area contributed by atoms with E-state index in [9.17, 15) is 10.1 Å². The molecule has 0 spiro atoms. The number of fused-ring (bicyclic) bond motifs is 1. The van der Waals surface area contributed by atoms with Gasteiger partial charge in [-0.15, -0.1) is 0 Å². The third-order valence-electron chi connectivity index (χ3n) is 2.89. The van der Waals surface area contributed by atoms with Crippen LogP contribution in [0.25, 0.3) is 0 Å². The first kappa shape index (κ1) is 11.7. The molecule has 1 aromatic carbocycles.